The molecule has 2 heterocycles. The van der Waals surface area contributed by atoms with Crippen molar-refractivity contribution in [3.05, 3.63) is 17.5 Å². The number of H-pyrrole nitrogens is 1. The summed E-state index contributed by atoms with van der Waals surface area (Å²) in [7, 11) is 1.27. The Morgan fingerprint density at radius 1 is 1.47 bits per heavy atom. The lowest BCUT2D eigenvalue weighted by Crippen LogP contribution is -2.07. The number of alkyl halides is 3. The van der Waals surface area contributed by atoms with Crippen LogP contribution in [0.15, 0.2) is 6.20 Å². The molecule has 2 aromatic rings. The molecule has 17 heavy (non-hydrogen) atoms. The van der Waals surface area contributed by atoms with E-state index in [0.717, 1.165) is 0 Å². The average molecular weight is 242 g/mol. The van der Waals surface area contributed by atoms with Crippen molar-refractivity contribution in [2.45, 2.75) is 6.18 Å². The van der Waals surface area contributed by atoms with Gasteiger partial charge in [0.2, 0.25) is 5.88 Å². The van der Waals surface area contributed by atoms with E-state index < -0.39 is 11.7 Å². The van der Waals surface area contributed by atoms with Gasteiger partial charge in [-0.05, 0) is 0 Å². The highest BCUT2D eigenvalue weighted by Gasteiger charge is 2.35. The van der Waals surface area contributed by atoms with Crippen molar-refractivity contribution < 1.29 is 17.9 Å². The van der Waals surface area contributed by atoms with E-state index in [0.29, 0.717) is 6.20 Å². The van der Waals surface area contributed by atoms with Gasteiger partial charge in [0, 0.05) is 6.20 Å². The van der Waals surface area contributed by atoms with Crippen molar-refractivity contribution in [3.63, 3.8) is 0 Å². The number of methoxy groups -OCH3 is 1. The van der Waals surface area contributed by atoms with Crippen LogP contribution in [0.25, 0.3) is 10.9 Å². The topological polar surface area (TPSA) is 74.6 Å². The fourth-order valence-corrected chi connectivity index (χ4v) is 1.46. The Bertz CT molecular complexity index is 611. The standard InChI is InChI=1S/C9H5F3N4O/c1-17-8-7-6(5(2-13)15-16-7)4(3-14-8)9(10,11)12/h3H,1H3,(H,15,16). The third-order valence-electron chi connectivity index (χ3n) is 2.17. The van der Waals surface area contributed by atoms with Gasteiger partial charge in [-0.3, -0.25) is 5.10 Å². The zero-order valence-corrected chi connectivity index (χ0v) is 8.46. The predicted molar refractivity (Wildman–Crippen MR) is 50.2 cm³/mol. The Hall–Kier alpha value is -2.30. The molecule has 0 aromatic carbocycles. The maximum atomic E-state index is 12.7. The number of aromatic nitrogens is 3. The van der Waals surface area contributed by atoms with Gasteiger partial charge in [-0.1, -0.05) is 0 Å². The van der Waals surface area contributed by atoms with E-state index in [1.165, 1.54) is 7.11 Å². The average Bonchev–Trinajstić information content (AvgIpc) is 2.69. The number of nitrogens with zero attached hydrogens (tertiary/aromatic N) is 3. The molecule has 0 bridgehead atoms. The number of fused-ring (bicyclic) bond motifs is 1. The van der Waals surface area contributed by atoms with Crippen molar-refractivity contribution in [2.75, 3.05) is 7.11 Å². The summed E-state index contributed by atoms with van der Waals surface area (Å²) in [6.45, 7) is 0. The number of hydrogen-bond donors (Lipinski definition) is 1. The van der Waals surface area contributed by atoms with Crippen LogP contribution in [0.1, 0.15) is 11.3 Å². The molecule has 1 N–H and O–H groups in total. The molecule has 0 aliphatic rings. The van der Waals surface area contributed by atoms with Crippen molar-refractivity contribution in [1.82, 2.24) is 15.2 Å². The maximum Gasteiger partial charge on any atom is 0.418 e. The number of hydrogen-bond acceptors (Lipinski definition) is 4. The second kappa shape index (κ2) is 3.62. The van der Waals surface area contributed by atoms with Gasteiger partial charge in [0.1, 0.15) is 11.6 Å². The van der Waals surface area contributed by atoms with Gasteiger partial charge in [0.05, 0.1) is 18.1 Å². The first-order valence-electron chi connectivity index (χ1n) is 4.37. The molecule has 2 aromatic heterocycles. The quantitative estimate of drug-likeness (QED) is 0.828. The number of ether oxygens (including phenoxy) is 1. The third kappa shape index (κ3) is 1.65. The molecular formula is C9H5F3N4O. The monoisotopic (exact) mass is 242 g/mol. The molecule has 5 nitrogen and oxygen atoms in total. The number of nitriles is 1. The van der Waals surface area contributed by atoms with Crippen molar-refractivity contribution in [3.8, 4) is 11.9 Å². The molecule has 0 spiro atoms. The molecule has 0 unspecified atom stereocenters. The van der Waals surface area contributed by atoms with Gasteiger partial charge < -0.3 is 4.74 Å². The first-order chi connectivity index (χ1) is 7.99. The number of aromatic amines is 1. The normalized spacial score (nSPS) is 11.5. The summed E-state index contributed by atoms with van der Waals surface area (Å²) in [4.78, 5) is 3.52. The SMILES string of the molecule is COc1ncc(C(F)(F)F)c2c(C#N)n[nH]c12. The molecule has 0 amide bonds. The van der Waals surface area contributed by atoms with E-state index in [1.807, 2.05) is 0 Å². The Morgan fingerprint density at radius 3 is 2.71 bits per heavy atom. The molecule has 0 aliphatic carbocycles. The third-order valence-corrected chi connectivity index (χ3v) is 2.17. The molecule has 0 radical (unpaired) electrons. The molecule has 88 valence electrons. The summed E-state index contributed by atoms with van der Waals surface area (Å²) >= 11 is 0. The fourth-order valence-electron chi connectivity index (χ4n) is 1.46. The minimum atomic E-state index is -4.60. The van der Waals surface area contributed by atoms with Crippen molar-refractivity contribution >= 4 is 10.9 Å². The first-order valence-corrected chi connectivity index (χ1v) is 4.37. The highest BCUT2D eigenvalue weighted by molar-refractivity contribution is 5.90. The van der Waals surface area contributed by atoms with Crippen LogP contribution in [0, 0.1) is 11.3 Å². The van der Waals surface area contributed by atoms with Crippen molar-refractivity contribution in [1.29, 1.82) is 5.26 Å². The number of halogens is 3. The van der Waals surface area contributed by atoms with E-state index in [4.69, 9.17) is 10.00 Å². The molecule has 0 saturated carbocycles. The minimum absolute atomic E-state index is 0.0398. The van der Waals surface area contributed by atoms with Crippen LogP contribution in [-0.2, 0) is 6.18 Å². The van der Waals surface area contributed by atoms with Crippen LogP contribution in [0.5, 0.6) is 5.88 Å². The minimum Gasteiger partial charge on any atom is -0.479 e. The largest absolute Gasteiger partial charge is 0.479 e. The van der Waals surface area contributed by atoms with E-state index in [-0.39, 0.29) is 22.5 Å². The lowest BCUT2D eigenvalue weighted by Gasteiger charge is -2.08. The summed E-state index contributed by atoms with van der Waals surface area (Å²) in [6.07, 6.45) is -3.98. The lowest BCUT2D eigenvalue weighted by atomic mass is 10.1. The highest BCUT2D eigenvalue weighted by Crippen LogP contribution is 2.37. The van der Waals surface area contributed by atoms with Crippen LogP contribution >= 0.6 is 0 Å². The number of rotatable bonds is 1. The van der Waals surface area contributed by atoms with Gasteiger partial charge in [0.25, 0.3) is 0 Å². The summed E-state index contributed by atoms with van der Waals surface area (Å²) in [5.41, 5.74) is -1.40. The zero-order valence-electron chi connectivity index (χ0n) is 8.46. The molecule has 8 heteroatoms. The molecule has 0 aliphatic heterocycles. The number of pyridine rings is 1. The van der Waals surface area contributed by atoms with E-state index >= 15 is 0 Å². The van der Waals surface area contributed by atoms with Gasteiger partial charge in [-0.2, -0.15) is 23.5 Å². The number of nitrogens with one attached hydrogen (secondary N) is 1. The van der Waals surface area contributed by atoms with Crippen LogP contribution in [0.2, 0.25) is 0 Å². The van der Waals surface area contributed by atoms with E-state index in [2.05, 4.69) is 15.2 Å². The van der Waals surface area contributed by atoms with Gasteiger partial charge in [-0.25, -0.2) is 4.98 Å². The van der Waals surface area contributed by atoms with Gasteiger partial charge >= 0.3 is 6.18 Å². The fraction of sp³-hybridized carbons (Fsp3) is 0.222. The van der Waals surface area contributed by atoms with Gasteiger partial charge in [0.15, 0.2) is 5.69 Å². The Morgan fingerprint density at radius 2 is 2.18 bits per heavy atom. The molecular weight excluding hydrogens is 237 g/mol. The molecule has 0 fully saturated rings. The Kier molecular flexibility index (Phi) is 2.38. The van der Waals surface area contributed by atoms with Crippen molar-refractivity contribution in [2.24, 2.45) is 0 Å². The maximum absolute atomic E-state index is 12.7. The highest BCUT2D eigenvalue weighted by atomic mass is 19.4. The van der Waals surface area contributed by atoms with E-state index in [1.54, 1.807) is 6.07 Å². The Labute approximate surface area is 92.8 Å². The van der Waals surface area contributed by atoms with Crippen LogP contribution in [-0.4, -0.2) is 22.3 Å². The second-order valence-corrected chi connectivity index (χ2v) is 3.11. The Balaban J connectivity index is 2.88. The molecule has 0 saturated heterocycles. The zero-order chi connectivity index (χ0) is 12.6. The summed E-state index contributed by atoms with van der Waals surface area (Å²) in [5.74, 6) is -0.0398. The van der Waals surface area contributed by atoms with Crippen LogP contribution in [0.4, 0.5) is 13.2 Å². The first kappa shape index (κ1) is 11.2. The predicted octanol–water partition coefficient (Wildman–Crippen LogP) is 1.86. The van der Waals surface area contributed by atoms with E-state index in [9.17, 15) is 13.2 Å². The molecule has 2 rings (SSSR count). The summed E-state index contributed by atoms with van der Waals surface area (Å²) < 4.78 is 42.9. The smallest absolute Gasteiger partial charge is 0.418 e. The summed E-state index contributed by atoms with van der Waals surface area (Å²) in [5, 5.41) is 14.2. The van der Waals surface area contributed by atoms with Crippen LogP contribution in [0.3, 0.4) is 0 Å². The second-order valence-electron chi connectivity index (χ2n) is 3.11. The summed E-state index contributed by atoms with van der Waals surface area (Å²) in [6, 6.07) is 1.59. The molecule has 0 atom stereocenters. The lowest BCUT2D eigenvalue weighted by molar-refractivity contribution is -0.136. The van der Waals surface area contributed by atoms with Gasteiger partial charge in [-0.15, -0.1) is 0 Å². The van der Waals surface area contributed by atoms with Crippen LogP contribution < -0.4 is 4.74 Å².